The second-order valence-corrected chi connectivity index (χ2v) is 6.59. The molecule has 0 spiro atoms. The molecule has 3 aromatic carbocycles. The fourth-order valence-electron chi connectivity index (χ4n) is 2.96. The number of aryl methyl sites for hydroxylation is 1. The van der Waals surface area contributed by atoms with Crippen LogP contribution in [0.2, 0.25) is 0 Å². The van der Waals surface area contributed by atoms with Gasteiger partial charge in [0, 0.05) is 11.3 Å². The molecule has 0 unspecified atom stereocenters. The maximum Gasteiger partial charge on any atom is 0.346 e. The van der Waals surface area contributed by atoms with Crippen molar-refractivity contribution in [3.05, 3.63) is 89.5 Å². The van der Waals surface area contributed by atoms with Gasteiger partial charge in [-0.15, -0.1) is 0 Å². The number of ether oxygens (including phenoxy) is 3. The second kappa shape index (κ2) is 9.60. The van der Waals surface area contributed by atoms with E-state index in [4.69, 9.17) is 14.2 Å². The van der Waals surface area contributed by atoms with Gasteiger partial charge in [-0.1, -0.05) is 54.1 Å². The molecule has 6 heteroatoms. The predicted molar refractivity (Wildman–Crippen MR) is 114 cm³/mol. The van der Waals surface area contributed by atoms with E-state index < -0.39 is 18.0 Å². The Labute approximate surface area is 175 Å². The highest BCUT2D eigenvalue weighted by atomic mass is 16.6. The van der Waals surface area contributed by atoms with Crippen LogP contribution in [0, 0.1) is 6.92 Å². The average Bonchev–Trinajstić information content (AvgIpc) is 2.78. The maximum absolute atomic E-state index is 13.0. The van der Waals surface area contributed by atoms with E-state index in [9.17, 15) is 9.59 Å². The van der Waals surface area contributed by atoms with Crippen molar-refractivity contribution in [1.82, 2.24) is 0 Å². The van der Waals surface area contributed by atoms with Gasteiger partial charge in [0.2, 0.25) is 6.10 Å². The van der Waals surface area contributed by atoms with Gasteiger partial charge in [0.1, 0.15) is 17.1 Å². The number of nitrogens with one attached hydrogen (secondary N) is 1. The largest absolute Gasteiger partial charge is 0.496 e. The van der Waals surface area contributed by atoms with Gasteiger partial charge in [-0.3, -0.25) is 4.79 Å². The molecule has 3 rings (SSSR count). The fraction of sp³-hybridized carbons (Fsp3) is 0.167. The summed E-state index contributed by atoms with van der Waals surface area (Å²) in [5.74, 6) is -0.598. The molecular formula is C24H23NO5. The van der Waals surface area contributed by atoms with Crippen molar-refractivity contribution in [2.24, 2.45) is 0 Å². The van der Waals surface area contributed by atoms with Crippen LogP contribution in [-0.4, -0.2) is 26.1 Å². The summed E-state index contributed by atoms with van der Waals surface area (Å²) in [5.41, 5.74) is 2.34. The Kier molecular flexibility index (Phi) is 6.70. The molecule has 1 atom stereocenters. The Morgan fingerprint density at radius 3 is 1.97 bits per heavy atom. The lowest BCUT2D eigenvalue weighted by molar-refractivity contribution is -0.125. The van der Waals surface area contributed by atoms with Gasteiger partial charge in [0.05, 0.1) is 14.2 Å². The zero-order valence-corrected chi connectivity index (χ0v) is 17.0. The van der Waals surface area contributed by atoms with E-state index in [0.717, 1.165) is 5.56 Å². The number of anilines is 1. The van der Waals surface area contributed by atoms with Crippen LogP contribution in [0.15, 0.2) is 72.8 Å². The van der Waals surface area contributed by atoms with Gasteiger partial charge >= 0.3 is 5.97 Å². The number of benzene rings is 3. The van der Waals surface area contributed by atoms with Crippen LogP contribution in [-0.2, 0) is 9.53 Å². The zero-order chi connectivity index (χ0) is 21.5. The van der Waals surface area contributed by atoms with Gasteiger partial charge in [0.25, 0.3) is 5.91 Å². The van der Waals surface area contributed by atoms with Crippen LogP contribution >= 0.6 is 0 Å². The van der Waals surface area contributed by atoms with E-state index in [2.05, 4.69) is 5.32 Å². The van der Waals surface area contributed by atoms with Crippen molar-refractivity contribution < 1.29 is 23.8 Å². The molecule has 3 aromatic rings. The quantitative estimate of drug-likeness (QED) is 0.584. The molecule has 0 saturated carbocycles. The summed E-state index contributed by atoms with van der Waals surface area (Å²) >= 11 is 0. The molecule has 0 bridgehead atoms. The first-order valence-electron chi connectivity index (χ1n) is 9.38. The molecule has 0 fully saturated rings. The molecule has 0 aliphatic heterocycles. The van der Waals surface area contributed by atoms with E-state index >= 15 is 0 Å². The maximum atomic E-state index is 13.0. The van der Waals surface area contributed by atoms with E-state index in [1.807, 2.05) is 25.1 Å². The third-order valence-corrected chi connectivity index (χ3v) is 4.52. The number of methoxy groups -OCH3 is 2. The summed E-state index contributed by atoms with van der Waals surface area (Å²) in [6, 6.07) is 21.2. The normalized spacial score (nSPS) is 11.3. The van der Waals surface area contributed by atoms with Crippen LogP contribution in [0.4, 0.5) is 5.69 Å². The number of hydrogen-bond donors (Lipinski definition) is 1. The van der Waals surface area contributed by atoms with Gasteiger partial charge in [0.15, 0.2) is 0 Å². The first-order chi connectivity index (χ1) is 14.5. The minimum absolute atomic E-state index is 0.117. The van der Waals surface area contributed by atoms with Crippen molar-refractivity contribution in [3.8, 4) is 11.5 Å². The Balaban J connectivity index is 1.91. The van der Waals surface area contributed by atoms with Crippen molar-refractivity contribution in [1.29, 1.82) is 0 Å². The zero-order valence-electron chi connectivity index (χ0n) is 17.0. The lowest BCUT2D eigenvalue weighted by atomic mass is 10.1. The summed E-state index contributed by atoms with van der Waals surface area (Å²) in [6.45, 7) is 1.96. The van der Waals surface area contributed by atoms with E-state index in [-0.39, 0.29) is 5.56 Å². The van der Waals surface area contributed by atoms with Crippen LogP contribution in [0.1, 0.15) is 27.6 Å². The van der Waals surface area contributed by atoms with Crippen LogP contribution in [0.3, 0.4) is 0 Å². The molecule has 0 heterocycles. The monoisotopic (exact) mass is 405 g/mol. The molecule has 6 nitrogen and oxygen atoms in total. The summed E-state index contributed by atoms with van der Waals surface area (Å²) < 4.78 is 16.2. The molecule has 0 aromatic heterocycles. The lowest BCUT2D eigenvalue weighted by Gasteiger charge is -2.20. The number of hydrogen-bond acceptors (Lipinski definition) is 5. The third kappa shape index (κ3) is 4.78. The molecule has 0 aliphatic rings. The summed E-state index contributed by atoms with van der Waals surface area (Å²) in [7, 11) is 2.90. The van der Waals surface area contributed by atoms with E-state index in [1.54, 1.807) is 54.6 Å². The van der Waals surface area contributed by atoms with Crippen molar-refractivity contribution in [2.45, 2.75) is 13.0 Å². The van der Waals surface area contributed by atoms with Crippen molar-refractivity contribution >= 4 is 17.6 Å². The Morgan fingerprint density at radius 2 is 1.40 bits per heavy atom. The summed E-state index contributed by atoms with van der Waals surface area (Å²) in [4.78, 5) is 26.1. The highest BCUT2D eigenvalue weighted by Crippen LogP contribution is 2.31. The van der Waals surface area contributed by atoms with E-state index in [0.29, 0.717) is 22.7 Å². The van der Waals surface area contributed by atoms with Gasteiger partial charge in [-0.05, 0) is 31.2 Å². The minimum atomic E-state index is -1.16. The highest BCUT2D eigenvalue weighted by Gasteiger charge is 2.29. The van der Waals surface area contributed by atoms with Crippen molar-refractivity contribution in [2.75, 3.05) is 19.5 Å². The Bertz CT molecular complexity index is 993. The lowest BCUT2D eigenvalue weighted by Crippen LogP contribution is -2.26. The Morgan fingerprint density at radius 1 is 0.800 bits per heavy atom. The van der Waals surface area contributed by atoms with Gasteiger partial charge in [-0.25, -0.2) is 4.79 Å². The summed E-state index contributed by atoms with van der Waals surface area (Å²) in [5, 5.41) is 2.80. The molecule has 154 valence electrons. The fourth-order valence-corrected chi connectivity index (χ4v) is 2.96. The Hall–Kier alpha value is -3.80. The van der Waals surface area contributed by atoms with Gasteiger partial charge < -0.3 is 19.5 Å². The molecule has 0 radical (unpaired) electrons. The molecule has 1 amide bonds. The van der Waals surface area contributed by atoms with Crippen LogP contribution < -0.4 is 14.8 Å². The third-order valence-electron chi connectivity index (χ3n) is 4.52. The molecule has 0 saturated heterocycles. The van der Waals surface area contributed by atoms with Crippen molar-refractivity contribution in [3.63, 3.8) is 0 Å². The van der Waals surface area contributed by atoms with Crippen LogP contribution in [0.25, 0.3) is 0 Å². The minimum Gasteiger partial charge on any atom is -0.496 e. The second-order valence-electron chi connectivity index (χ2n) is 6.59. The molecular weight excluding hydrogens is 382 g/mol. The highest BCUT2D eigenvalue weighted by molar-refractivity contribution is 6.00. The number of carbonyl (C=O) groups is 2. The number of esters is 1. The number of rotatable bonds is 7. The smallest absolute Gasteiger partial charge is 0.346 e. The first kappa shape index (κ1) is 20.9. The van der Waals surface area contributed by atoms with Gasteiger partial charge in [-0.2, -0.15) is 0 Å². The topological polar surface area (TPSA) is 73.9 Å². The first-order valence-corrected chi connectivity index (χ1v) is 9.38. The number of amides is 1. The van der Waals surface area contributed by atoms with Crippen LogP contribution in [0.5, 0.6) is 11.5 Å². The molecule has 1 N–H and O–H groups in total. The SMILES string of the molecule is COc1cccc(OC)c1C(=O)O[C@@H](C(=O)Nc1ccc(C)cc1)c1ccccc1. The molecule has 30 heavy (non-hydrogen) atoms. The van der Waals surface area contributed by atoms with E-state index in [1.165, 1.54) is 14.2 Å². The summed E-state index contributed by atoms with van der Waals surface area (Å²) in [6.07, 6.45) is -1.16. The number of carbonyl (C=O) groups excluding carboxylic acids is 2. The standard InChI is InChI=1S/C24H23NO5/c1-16-12-14-18(15-13-16)25-23(26)22(17-8-5-4-6-9-17)30-24(27)21-19(28-2)10-7-11-20(21)29-3/h4-15,22H,1-3H3,(H,25,26)/t22-/m1/s1. The average molecular weight is 405 g/mol. The molecule has 0 aliphatic carbocycles. The predicted octanol–water partition coefficient (Wildman–Crippen LogP) is 4.55.